The highest BCUT2D eigenvalue weighted by Gasteiger charge is 2.41. The van der Waals surface area contributed by atoms with Gasteiger partial charge in [0.2, 0.25) is 0 Å². The number of benzene rings is 1. The molecule has 2 fully saturated rings. The van der Waals surface area contributed by atoms with Gasteiger partial charge in [0.15, 0.2) is 5.96 Å². The third-order valence-electron chi connectivity index (χ3n) is 5.20. The van der Waals surface area contributed by atoms with Crippen molar-refractivity contribution in [2.24, 2.45) is 4.99 Å². The van der Waals surface area contributed by atoms with Crippen molar-refractivity contribution in [3.8, 4) is 5.75 Å². The van der Waals surface area contributed by atoms with E-state index < -0.39 is 0 Å². The zero-order valence-electron chi connectivity index (χ0n) is 14.4. The maximum atomic E-state index is 5.92. The minimum atomic E-state index is 0.371. The highest BCUT2D eigenvalue weighted by atomic mass is 16.5. The standard InChI is InChI=1S/C19H27N3O2/c1-2-20-19(22-16-12-15-4-6-18(16)24-15)21-9-7-13-3-5-17-14(11-13)8-10-23-17/h3,5,11,15-16,18H,2,4,6-10,12H2,1H3,(H2,20,21,22). The van der Waals surface area contributed by atoms with Crippen LogP contribution in [0.25, 0.3) is 0 Å². The summed E-state index contributed by atoms with van der Waals surface area (Å²) in [4.78, 5) is 4.76. The Morgan fingerprint density at radius 1 is 1.33 bits per heavy atom. The summed E-state index contributed by atoms with van der Waals surface area (Å²) in [7, 11) is 0. The Kier molecular flexibility index (Phi) is 4.60. The number of nitrogens with zero attached hydrogens (tertiary/aromatic N) is 1. The molecule has 3 atom stereocenters. The van der Waals surface area contributed by atoms with Gasteiger partial charge >= 0.3 is 0 Å². The first-order chi connectivity index (χ1) is 11.8. The lowest BCUT2D eigenvalue weighted by molar-refractivity contribution is 0.0992. The average Bonchev–Trinajstić information content (AvgIpc) is 3.31. The fourth-order valence-corrected chi connectivity index (χ4v) is 3.98. The van der Waals surface area contributed by atoms with E-state index in [-0.39, 0.29) is 0 Å². The fraction of sp³-hybridized carbons (Fsp3) is 0.632. The molecule has 0 aliphatic carbocycles. The highest BCUT2D eigenvalue weighted by Crippen LogP contribution is 2.34. The van der Waals surface area contributed by atoms with Crippen LogP contribution in [-0.4, -0.2) is 43.9 Å². The van der Waals surface area contributed by atoms with Gasteiger partial charge in [0.05, 0.1) is 24.9 Å². The molecule has 3 aliphatic rings. The van der Waals surface area contributed by atoms with Gasteiger partial charge in [0.1, 0.15) is 5.75 Å². The van der Waals surface area contributed by atoms with Gasteiger partial charge in [-0.25, -0.2) is 0 Å². The summed E-state index contributed by atoms with van der Waals surface area (Å²) in [6, 6.07) is 6.93. The molecule has 2 N–H and O–H groups in total. The largest absolute Gasteiger partial charge is 0.493 e. The van der Waals surface area contributed by atoms with Gasteiger partial charge in [-0.1, -0.05) is 12.1 Å². The maximum absolute atomic E-state index is 5.92. The quantitative estimate of drug-likeness (QED) is 0.641. The van der Waals surface area contributed by atoms with E-state index >= 15 is 0 Å². The molecule has 3 unspecified atom stereocenters. The van der Waals surface area contributed by atoms with Gasteiger partial charge in [-0.15, -0.1) is 0 Å². The van der Waals surface area contributed by atoms with E-state index in [1.54, 1.807) is 0 Å². The molecular formula is C19H27N3O2. The molecule has 0 aromatic heterocycles. The summed E-state index contributed by atoms with van der Waals surface area (Å²) in [6.45, 7) is 4.59. The Morgan fingerprint density at radius 2 is 2.29 bits per heavy atom. The fourth-order valence-electron chi connectivity index (χ4n) is 3.98. The van der Waals surface area contributed by atoms with Crippen molar-refractivity contribution in [1.29, 1.82) is 0 Å². The lowest BCUT2D eigenvalue weighted by atomic mass is 9.96. The lowest BCUT2D eigenvalue weighted by Gasteiger charge is -2.22. The second-order valence-corrected chi connectivity index (χ2v) is 6.91. The number of guanidine groups is 1. The van der Waals surface area contributed by atoms with Crippen LogP contribution >= 0.6 is 0 Å². The molecule has 5 heteroatoms. The third kappa shape index (κ3) is 3.36. The molecule has 1 aromatic rings. The van der Waals surface area contributed by atoms with Crippen LogP contribution in [0.15, 0.2) is 23.2 Å². The van der Waals surface area contributed by atoms with Crippen molar-refractivity contribution in [2.45, 2.75) is 57.3 Å². The molecule has 1 aromatic carbocycles. The van der Waals surface area contributed by atoms with Gasteiger partial charge < -0.3 is 20.1 Å². The van der Waals surface area contributed by atoms with Crippen LogP contribution in [0.2, 0.25) is 0 Å². The molecule has 3 heterocycles. The van der Waals surface area contributed by atoms with Crippen LogP contribution in [0.5, 0.6) is 5.75 Å². The molecule has 2 bridgehead atoms. The predicted octanol–water partition coefficient (Wildman–Crippen LogP) is 2.04. The second kappa shape index (κ2) is 7.01. The van der Waals surface area contributed by atoms with Crippen LogP contribution in [0.3, 0.4) is 0 Å². The molecule has 0 saturated carbocycles. The smallest absolute Gasteiger partial charge is 0.191 e. The van der Waals surface area contributed by atoms with Crippen LogP contribution in [-0.2, 0) is 17.6 Å². The number of nitrogens with one attached hydrogen (secondary N) is 2. The maximum Gasteiger partial charge on any atom is 0.191 e. The molecule has 3 aliphatic heterocycles. The van der Waals surface area contributed by atoms with E-state index in [0.29, 0.717) is 18.2 Å². The number of fused-ring (bicyclic) bond motifs is 3. The number of hydrogen-bond acceptors (Lipinski definition) is 3. The molecule has 2 saturated heterocycles. The Morgan fingerprint density at radius 3 is 3.08 bits per heavy atom. The summed E-state index contributed by atoms with van der Waals surface area (Å²) in [5.41, 5.74) is 2.67. The van der Waals surface area contributed by atoms with E-state index in [1.807, 2.05) is 0 Å². The van der Waals surface area contributed by atoms with Crippen LogP contribution < -0.4 is 15.4 Å². The molecule has 4 rings (SSSR count). The molecule has 0 radical (unpaired) electrons. The molecule has 130 valence electrons. The molecule has 5 nitrogen and oxygen atoms in total. The number of rotatable bonds is 5. The molecule has 0 amide bonds. The lowest BCUT2D eigenvalue weighted by Crippen LogP contribution is -2.47. The van der Waals surface area contributed by atoms with Gasteiger partial charge in [-0.05, 0) is 49.8 Å². The third-order valence-corrected chi connectivity index (χ3v) is 5.20. The van der Waals surface area contributed by atoms with E-state index in [9.17, 15) is 0 Å². The Labute approximate surface area is 143 Å². The topological polar surface area (TPSA) is 54.9 Å². The van der Waals surface area contributed by atoms with E-state index in [4.69, 9.17) is 14.5 Å². The Hall–Kier alpha value is -1.75. The van der Waals surface area contributed by atoms with Crippen molar-refractivity contribution < 1.29 is 9.47 Å². The van der Waals surface area contributed by atoms with Crippen LogP contribution in [0.1, 0.15) is 37.3 Å². The summed E-state index contributed by atoms with van der Waals surface area (Å²) in [6.07, 6.45) is 6.33. The number of ether oxygens (including phenoxy) is 2. The van der Waals surface area contributed by atoms with Gasteiger partial charge in [0.25, 0.3) is 0 Å². The summed E-state index contributed by atoms with van der Waals surface area (Å²) in [5.74, 6) is 1.97. The second-order valence-electron chi connectivity index (χ2n) is 6.91. The minimum absolute atomic E-state index is 0.371. The van der Waals surface area contributed by atoms with Crippen LogP contribution in [0.4, 0.5) is 0 Å². The van der Waals surface area contributed by atoms with E-state index in [0.717, 1.165) is 50.7 Å². The minimum Gasteiger partial charge on any atom is -0.493 e. The van der Waals surface area contributed by atoms with Crippen molar-refractivity contribution in [3.05, 3.63) is 29.3 Å². The Bertz CT molecular complexity index is 617. The number of hydrogen-bond donors (Lipinski definition) is 2. The average molecular weight is 329 g/mol. The first-order valence-corrected chi connectivity index (χ1v) is 9.26. The van der Waals surface area contributed by atoms with Gasteiger partial charge in [-0.3, -0.25) is 4.99 Å². The normalized spacial score (nSPS) is 27.9. The first kappa shape index (κ1) is 15.8. The SMILES string of the molecule is CCNC(=NCCc1ccc2c(c1)CCO2)NC1CC2CCC1O2. The molecule has 24 heavy (non-hydrogen) atoms. The van der Waals surface area contributed by atoms with E-state index in [2.05, 4.69) is 35.8 Å². The summed E-state index contributed by atoms with van der Waals surface area (Å²) < 4.78 is 11.5. The first-order valence-electron chi connectivity index (χ1n) is 9.26. The summed E-state index contributed by atoms with van der Waals surface area (Å²) >= 11 is 0. The summed E-state index contributed by atoms with van der Waals surface area (Å²) in [5, 5.41) is 6.93. The van der Waals surface area contributed by atoms with Crippen LogP contribution in [0, 0.1) is 0 Å². The zero-order chi connectivity index (χ0) is 16.4. The Balaban J connectivity index is 1.33. The van der Waals surface area contributed by atoms with Gasteiger partial charge in [-0.2, -0.15) is 0 Å². The zero-order valence-corrected chi connectivity index (χ0v) is 14.4. The van der Waals surface area contributed by atoms with Crippen molar-refractivity contribution in [2.75, 3.05) is 19.7 Å². The predicted molar refractivity (Wildman–Crippen MR) is 94.8 cm³/mol. The molecule has 0 spiro atoms. The monoisotopic (exact) mass is 329 g/mol. The number of aliphatic imine (C=N–C) groups is 1. The molecular weight excluding hydrogens is 302 g/mol. The van der Waals surface area contributed by atoms with Gasteiger partial charge in [0, 0.05) is 19.5 Å². The van der Waals surface area contributed by atoms with Crippen molar-refractivity contribution >= 4 is 5.96 Å². The van der Waals surface area contributed by atoms with Crippen molar-refractivity contribution in [3.63, 3.8) is 0 Å². The van der Waals surface area contributed by atoms with Crippen molar-refractivity contribution in [1.82, 2.24) is 10.6 Å². The van der Waals surface area contributed by atoms with E-state index in [1.165, 1.54) is 24.0 Å². The highest BCUT2D eigenvalue weighted by molar-refractivity contribution is 5.80.